The van der Waals surface area contributed by atoms with Crippen molar-refractivity contribution in [3.05, 3.63) is 64.7 Å². The standard InChI is InChI=1S/C14H23NOS.C9H10N2/c1-5-15(4)7-6-13-8-12(3)14(16-10-17)9-11(13)2;1-11-9(10)7-8-5-3-2-4-6-8/h8-9,17H,5-7,10H2,1-4H3;2-6,10H,1,7H2. The van der Waals surface area contributed by atoms with Gasteiger partial charge in [0, 0.05) is 13.0 Å². The van der Waals surface area contributed by atoms with Gasteiger partial charge in [-0.05, 0) is 68.9 Å². The fourth-order valence-electron chi connectivity index (χ4n) is 2.66. The Morgan fingerprint density at radius 1 is 1.18 bits per heavy atom. The molecule has 0 fully saturated rings. The van der Waals surface area contributed by atoms with Gasteiger partial charge in [0.15, 0.2) is 0 Å². The van der Waals surface area contributed by atoms with Crippen molar-refractivity contribution in [1.82, 2.24) is 4.90 Å². The number of amidine groups is 1. The van der Waals surface area contributed by atoms with Crippen molar-refractivity contribution in [3.63, 3.8) is 0 Å². The molecule has 0 saturated carbocycles. The van der Waals surface area contributed by atoms with E-state index in [2.05, 4.69) is 69.2 Å². The number of benzene rings is 2. The van der Waals surface area contributed by atoms with Crippen LogP contribution in [0.25, 0.3) is 0 Å². The first kappa shape index (κ1) is 23.9. The summed E-state index contributed by atoms with van der Waals surface area (Å²) in [4.78, 5) is 5.84. The number of likely N-dealkylation sites (N-methyl/N-ethyl adjacent to an activating group) is 1. The Bertz CT molecular complexity index is 747. The molecule has 4 nitrogen and oxygen atoms in total. The van der Waals surface area contributed by atoms with Gasteiger partial charge in [-0.2, -0.15) is 0 Å². The molecule has 0 aliphatic heterocycles. The molecule has 0 aliphatic rings. The van der Waals surface area contributed by atoms with E-state index >= 15 is 0 Å². The van der Waals surface area contributed by atoms with Crippen LogP contribution < -0.4 is 4.74 Å². The average molecular weight is 400 g/mol. The zero-order valence-electron chi connectivity index (χ0n) is 17.5. The summed E-state index contributed by atoms with van der Waals surface area (Å²) in [6, 6.07) is 14.1. The maximum Gasteiger partial charge on any atom is 0.131 e. The lowest BCUT2D eigenvalue weighted by atomic mass is 10.0. The molecule has 0 unspecified atom stereocenters. The second kappa shape index (κ2) is 13.1. The minimum absolute atomic E-state index is 0.316. The summed E-state index contributed by atoms with van der Waals surface area (Å²) in [5, 5.41) is 7.25. The highest BCUT2D eigenvalue weighted by atomic mass is 32.1. The van der Waals surface area contributed by atoms with Gasteiger partial charge in [0.2, 0.25) is 0 Å². The number of nitrogens with one attached hydrogen (secondary N) is 1. The Morgan fingerprint density at radius 3 is 2.43 bits per heavy atom. The van der Waals surface area contributed by atoms with E-state index in [4.69, 9.17) is 10.1 Å². The van der Waals surface area contributed by atoms with E-state index in [1.165, 1.54) is 16.7 Å². The van der Waals surface area contributed by atoms with Gasteiger partial charge in [0.1, 0.15) is 17.5 Å². The fraction of sp³-hybridized carbons (Fsp3) is 0.391. The van der Waals surface area contributed by atoms with Gasteiger partial charge in [0.25, 0.3) is 0 Å². The van der Waals surface area contributed by atoms with Crippen molar-refractivity contribution in [2.45, 2.75) is 33.6 Å². The molecule has 0 saturated heterocycles. The first-order valence-electron chi connectivity index (χ1n) is 9.51. The maximum atomic E-state index is 7.25. The van der Waals surface area contributed by atoms with Gasteiger partial charge in [-0.25, -0.2) is 4.99 Å². The van der Waals surface area contributed by atoms with E-state index < -0.39 is 0 Å². The lowest BCUT2D eigenvalue weighted by Crippen LogP contribution is -2.20. The molecule has 0 bridgehead atoms. The third-order valence-electron chi connectivity index (χ3n) is 4.56. The van der Waals surface area contributed by atoms with E-state index in [-0.39, 0.29) is 0 Å². The van der Waals surface area contributed by atoms with Crippen molar-refractivity contribution in [2.24, 2.45) is 4.99 Å². The van der Waals surface area contributed by atoms with E-state index in [9.17, 15) is 0 Å². The van der Waals surface area contributed by atoms with E-state index in [0.29, 0.717) is 18.2 Å². The van der Waals surface area contributed by atoms with Gasteiger partial charge in [-0.3, -0.25) is 5.41 Å². The zero-order valence-corrected chi connectivity index (χ0v) is 18.4. The van der Waals surface area contributed by atoms with Gasteiger partial charge in [-0.15, -0.1) is 12.6 Å². The van der Waals surface area contributed by atoms with Gasteiger partial charge in [-0.1, -0.05) is 43.3 Å². The summed E-state index contributed by atoms with van der Waals surface area (Å²) in [7, 11) is 2.15. The molecule has 1 N–H and O–H groups in total. The number of thiol groups is 1. The third-order valence-corrected chi connectivity index (χ3v) is 4.69. The topological polar surface area (TPSA) is 48.7 Å². The van der Waals surface area contributed by atoms with Crippen molar-refractivity contribution in [1.29, 1.82) is 5.41 Å². The van der Waals surface area contributed by atoms with Crippen LogP contribution in [0.15, 0.2) is 47.5 Å². The van der Waals surface area contributed by atoms with Crippen LogP contribution in [0, 0.1) is 19.3 Å². The Morgan fingerprint density at radius 2 is 1.86 bits per heavy atom. The van der Waals surface area contributed by atoms with Crippen LogP contribution in [0.2, 0.25) is 0 Å². The first-order valence-corrected chi connectivity index (χ1v) is 10.1. The number of nitrogens with zero attached hydrogens (tertiary/aromatic N) is 2. The molecular formula is C23H33N3OS. The van der Waals surface area contributed by atoms with Gasteiger partial charge >= 0.3 is 0 Å². The van der Waals surface area contributed by atoms with E-state index in [1.807, 2.05) is 30.3 Å². The van der Waals surface area contributed by atoms with Crippen LogP contribution in [0.4, 0.5) is 0 Å². The molecule has 2 aromatic carbocycles. The normalized spacial score (nSPS) is 10.2. The molecule has 5 heteroatoms. The zero-order chi connectivity index (χ0) is 20.9. The monoisotopic (exact) mass is 399 g/mol. The fourth-order valence-corrected chi connectivity index (χ4v) is 2.80. The van der Waals surface area contributed by atoms with Crippen LogP contribution in [0.1, 0.15) is 29.2 Å². The largest absolute Gasteiger partial charge is 0.483 e. The van der Waals surface area contributed by atoms with Gasteiger partial charge in [0.05, 0.1) is 0 Å². The minimum atomic E-state index is 0.316. The predicted molar refractivity (Wildman–Crippen MR) is 125 cm³/mol. The minimum Gasteiger partial charge on any atom is -0.483 e. The highest BCUT2D eigenvalue weighted by Gasteiger charge is 2.06. The summed E-state index contributed by atoms with van der Waals surface area (Å²) in [6.07, 6.45) is 1.67. The maximum absolute atomic E-state index is 7.25. The molecular weight excluding hydrogens is 366 g/mol. The summed E-state index contributed by atoms with van der Waals surface area (Å²) < 4.78 is 5.47. The van der Waals surface area contributed by atoms with Gasteiger partial charge < -0.3 is 9.64 Å². The number of hydrogen-bond acceptors (Lipinski definition) is 4. The highest BCUT2D eigenvalue weighted by Crippen LogP contribution is 2.23. The molecule has 28 heavy (non-hydrogen) atoms. The van der Waals surface area contributed by atoms with Crippen LogP contribution >= 0.6 is 12.6 Å². The van der Waals surface area contributed by atoms with E-state index in [1.54, 1.807) is 0 Å². The van der Waals surface area contributed by atoms with Crippen molar-refractivity contribution in [2.75, 3.05) is 26.1 Å². The molecule has 0 amide bonds. The summed E-state index contributed by atoms with van der Waals surface area (Å²) in [5.41, 5.74) is 5.01. The summed E-state index contributed by atoms with van der Waals surface area (Å²) in [6.45, 7) is 11.9. The summed E-state index contributed by atoms with van der Waals surface area (Å²) >= 11 is 4.09. The molecule has 0 aliphatic carbocycles. The smallest absolute Gasteiger partial charge is 0.131 e. The molecule has 0 spiro atoms. The Hall–Kier alpha value is -2.11. The molecule has 0 heterocycles. The number of rotatable bonds is 8. The second-order valence-electron chi connectivity index (χ2n) is 6.73. The average Bonchev–Trinajstić information content (AvgIpc) is 2.70. The predicted octanol–water partition coefficient (Wildman–Crippen LogP) is 4.97. The van der Waals surface area contributed by atoms with Crippen LogP contribution in [-0.4, -0.2) is 43.5 Å². The van der Waals surface area contributed by atoms with E-state index in [0.717, 1.165) is 30.8 Å². The van der Waals surface area contributed by atoms with Crippen molar-refractivity contribution < 1.29 is 4.74 Å². The first-order chi connectivity index (χ1) is 13.4. The van der Waals surface area contributed by atoms with Crippen molar-refractivity contribution in [3.8, 4) is 5.75 Å². The molecule has 0 radical (unpaired) electrons. The Labute approximate surface area is 175 Å². The van der Waals surface area contributed by atoms with Crippen LogP contribution in [0.5, 0.6) is 5.75 Å². The molecule has 0 atom stereocenters. The SMILES string of the molecule is C=NC(=N)Cc1ccccc1.CCN(C)CCc1cc(C)c(OCS)cc1C. The lowest BCUT2D eigenvalue weighted by Gasteiger charge is -2.16. The third kappa shape index (κ3) is 8.72. The van der Waals surface area contributed by atoms with Crippen molar-refractivity contribution >= 4 is 25.2 Å². The Kier molecular flexibility index (Phi) is 11.2. The second-order valence-corrected chi connectivity index (χ2v) is 6.99. The lowest BCUT2D eigenvalue weighted by molar-refractivity contribution is 0.357. The number of aryl methyl sites for hydroxylation is 2. The number of aliphatic imine (C=N–C) groups is 1. The molecule has 152 valence electrons. The molecule has 0 aromatic heterocycles. The highest BCUT2D eigenvalue weighted by molar-refractivity contribution is 7.80. The Balaban J connectivity index is 0.000000307. The molecule has 2 aromatic rings. The quantitative estimate of drug-likeness (QED) is 0.285. The number of hydrogen-bond donors (Lipinski definition) is 2. The summed E-state index contributed by atoms with van der Waals surface area (Å²) in [5.74, 6) is 1.69. The number of ether oxygens (including phenoxy) is 1. The molecule has 2 rings (SSSR count). The van der Waals surface area contributed by atoms with Crippen LogP contribution in [-0.2, 0) is 12.8 Å². The van der Waals surface area contributed by atoms with Crippen LogP contribution in [0.3, 0.4) is 0 Å².